The third-order valence-corrected chi connectivity index (χ3v) is 5.19. The lowest BCUT2D eigenvalue weighted by molar-refractivity contribution is -0.117. The van der Waals surface area contributed by atoms with Gasteiger partial charge in [-0.2, -0.15) is 0 Å². The first-order valence-corrected chi connectivity index (χ1v) is 10.6. The number of amides is 1. The van der Waals surface area contributed by atoms with Crippen molar-refractivity contribution in [1.29, 1.82) is 0 Å². The van der Waals surface area contributed by atoms with Gasteiger partial charge < -0.3 is 24.3 Å². The highest BCUT2D eigenvalue weighted by molar-refractivity contribution is 5.91. The van der Waals surface area contributed by atoms with Crippen molar-refractivity contribution in [3.05, 3.63) is 64.7 Å². The third-order valence-electron chi connectivity index (χ3n) is 5.19. The number of ether oxygens (including phenoxy) is 4. The van der Waals surface area contributed by atoms with Crippen molar-refractivity contribution in [2.24, 2.45) is 0 Å². The molecule has 2 aromatic heterocycles. The predicted octanol–water partition coefficient (Wildman–Crippen LogP) is 2.37. The van der Waals surface area contributed by atoms with E-state index in [4.69, 9.17) is 18.9 Å². The minimum absolute atomic E-state index is 0.249. The Bertz CT molecular complexity index is 1390. The van der Waals surface area contributed by atoms with Gasteiger partial charge in [-0.05, 0) is 0 Å². The van der Waals surface area contributed by atoms with E-state index in [0.717, 1.165) is 10.2 Å². The second kappa shape index (κ2) is 10.3. The number of methoxy groups -OCH3 is 4. The minimum Gasteiger partial charge on any atom is -0.493 e. The summed E-state index contributed by atoms with van der Waals surface area (Å²) in [7, 11) is 6.02. The summed E-state index contributed by atoms with van der Waals surface area (Å²) in [5.41, 5.74) is 1.62. The van der Waals surface area contributed by atoms with E-state index in [1.165, 1.54) is 25.7 Å². The number of nitrogens with zero attached hydrogens (tertiary/aromatic N) is 4. The zero-order valence-electron chi connectivity index (χ0n) is 19.8. The van der Waals surface area contributed by atoms with Crippen LogP contribution in [0.3, 0.4) is 0 Å². The molecule has 0 bridgehead atoms. The first-order chi connectivity index (χ1) is 17.0. The van der Waals surface area contributed by atoms with Crippen molar-refractivity contribution in [1.82, 2.24) is 19.2 Å². The van der Waals surface area contributed by atoms with E-state index in [9.17, 15) is 9.59 Å². The van der Waals surface area contributed by atoms with Crippen LogP contribution in [0.4, 0.5) is 5.69 Å². The molecule has 0 aliphatic carbocycles. The average Bonchev–Trinajstić information content (AvgIpc) is 3.18. The van der Waals surface area contributed by atoms with Gasteiger partial charge in [0, 0.05) is 36.6 Å². The Morgan fingerprint density at radius 3 is 2.26 bits per heavy atom. The highest BCUT2D eigenvalue weighted by Crippen LogP contribution is 2.39. The summed E-state index contributed by atoms with van der Waals surface area (Å²) in [6, 6.07) is 14.1. The number of aromatic nitrogens is 4. The maximum absolute atomic E-state index is 13.2. The van der Waals surface area contributed by atoms with Gasteiger partial charge in [0.25, 0.3) is 0 Å². The summed E-state index contributed by atoms with van der Waals surface area (Å²) < 4.78 is 23.6. The van der Waals surface area contributed by atoms with Gasteiger partial charge in [0.05, 0.1) is 33.6 Å². The molecule has 0 saturated heterocycles. The summed E-state index contributed by atoms with van der Waals surface area (Å²) >= 11 is 0. The van der Waals surface area contributed by atoms with Crippen molar-refractivity contribution >= 4 is 17.2 Å². The van der Waals surface area contributed by atoms with Crippen molar-refractivity contribution < 1.29 is 23.7 Å². The summed E-state index contributed by atoms with van der Waals surface area (Å²) in [6.07, 6.45) is 0. The fourth-order valence-electron chi connectivity index (χ4n) is 3.68. The van der Waals surface area contributed by atoms with Gasteiger partial charge >= 0.3 is 5.69 Å². The van der Waals surface area contributed by atoms with E-state index in [1.54, 1.807) is 25.3 Å². The van der Waals surface area contributed by atoms with Gasteiger partial charge in [0.1, 0.15) is 12.4 Å². The molecule has 0 unspecified atom stereocenters. The molecule has 35 heavy (non-hydrogen) atoms. The average molecular weight is 479 g/mol. The lowest BCUT2D eigenvalue weighted by Crippen LogP contribution is -2.28. The molecule has 182 valence electrons. The largest absolute Gasteiger partial charge is 0.493 e. The molecule has 1 amide bonds. The molecule has 2 heterocycles. The van der Waals surface area contributed by atoms with E-state index in [-0.39, 0.29) is 13.2 Å². The van der Waals surface area contributed by atoms with E-state index in [0.29, 0.717) is 40.1 Å². The smallest absolute Gasteiger partial charge is 0.352 e. The molecule has 4 aromatic rings. The molecule has 0 radical (unpaired) electrons. The summed E-state index contributed by atoms with van der Waals surface area (Å²) in [4.78, 5) is 30.6. The summed E-state index contributed by atoms with van der Waals surface area (Å²) in [5.74, 6) is 1.12. The number of hydrogen-bond acceptors (Lipinski definition) is 8. The number of benzene rings is 2. The molecule has 11 heteroatoms. The van der Waals surface area contributed by atoms with Crippen LogP contribution in [0.25, 0.3) is 17.0 Å². The molecule has 11 nitrogen and oxygen atoms in total. The minimum atomic E-state index is -0.490. The lowest BCUT2D eigenvalue weighted by Gasteiger charge is -2.14. The monoisotopic (exact) mass is 479 g/mol. The second-order valence-corrected chi connectivity index (χ2v) is 7.47. The van der Waals surface area contributed by atoms with Crippen molar-refractivity contribution in [3.63, 3.8) is 0 Å². The fourth-order valence-corrected chi connectivity index (χ4v) is 3.68. The van der Waals surface area contributed by atoms with Gasteiger partial charge in [-0.3, -0.25) is 4.79 Å². The van der Waals surface area contributed by atoms with E-state index < -0.39 is 11.6 Å². The molecule has 1 N–H and O–H groups in total. The Hall–Kier alpha value is -4.38. The van der Waals surface area contributed by atoms with Crippen LogP contribution >= 0.6 is 0 Å². The predicted molar refractivity (Wildman–Crippen MR) is 128 cm³/mol. The molecule has 0 atom stereocenters. The van der Waals surface area contributed by atoms with Crippen LogP contribution < -0.4 is 25.2 Å². The Kier molecular flexibility index (Phi) is 6.97. The summed E-state index contributed by atoms with van der Waals surface area (Å²) in [5, 5.41) is 7.10. The van der Waals surface area contributed by atoms with Gasteiger partial charge in [-0.1, -0.05) is 30.3 Å². The summed E-state index contributed by atoms with van der Waals surface area (Å²) in [6.45, 7) is -0.0655. The van der Waals surface area contributed by atoms with Gasteiger partial charge in [0.2, 0.25) is 11.7 Å². The zero-order chi connectivity index (χ0) is 24.9. The number of hydrogen-bond donors (Lipinski definition) is 1. The molecule has 0 saturated carbocycles. The Balaban J connectivity index is 1.68. The maximum atomic E-state index is 13.2. The number of nitrogens with one attached hydrogen (secondary N) is 1. The first kappa shape index (κ1) is 23.8. The topological polar surface area (TPSA) is 118 Å². The quantitative estimate of drug-likeness (QED) is 0.389. The lowest BCUT2D eigenvalue weighted by atomic mass is 10.2. The molecule has 0 aliphatic heterocycles. The molecule has 0 spiro atoms. The highest BCUT2D eigenvalue weighted by Gasteiger charge is 2.18. The second-order valence-electron chi connectivity index (χ2n) is 7.47. The SMILES string of the molecule is COCc1cc2nn(CC(=O)Nc3cc(OC)c(OC)c(OC)c3)c(=O)n2c(-c2ccccc2)n1. The number of rotatable bonds is 9. The van der Waals surface area contributed by atoms with E-state index >= 15 is 0 Å². The molecule has 0 fully saturated rings. The molecule has 0 aliphatic rings. The first-order valence-electron chi connectivity index (χ1n) is 10.6. The normalized spacial score (nSPS) is 10.9. The van der Waals surface area contributed by atoms with Crippen LogP contribution in [0.5, 0.6) is 17.2 Å². The van der Waals surface area contributed by atoms with Crippen LogP contribution in [-0.4, -0.2) is 53.5 Å². The van der Waals surface area contributed by atoms with Crippen molar-refractivity contribution in [2.75, 3.05) is 33.8 Å². The number of fused-ring (bicyclic) bond motifs is 1. The van der Waals surface area contributed by atoms with Gasteiger partial charge in [0.15, 0.2) is 17.1 Å². The molecular formula is C24H25N5O6. The zero-order valence-corrected chi connectivity index (χ0v) is 19.8. The van der Waals surface area contributed by atoms with Gasteiger partial charge in [-0.25, -0.2) is 18.9 Å². The fraction of sp³-hybridized carbons (Fsp3) is 0.250. The van der Waals surface area contributed by atoms with E-state index in [1.807, 2.05) is 30.3 Å². The van der Waals surface area contributed by atoms with Gasteiger partial charge in [-0.15, -0.1) is 5.10 Å². The Morgan fingerprint density at radius 1 is 0.971 bits per heavy atom. The van der Waals surface area contributed by atoms with Crippen molar-refractivity contribution in [2.45, 2.75) is 13.2 Å². The molecular weight excluding hydrogens is 454 g/mol. The Morgan fingerprint density at radius 2 is 1.66 bits per heavy atom. The van der Waals surface area contributed by atoms with Crippen LogP contribution in [0.1, 0.15) is 5.69 Å². The Labute approximate surface area is 200 Å². The van der Waals surface area contributed by atoms with Crippen LogP contribution in [0, 0.1) is 0 Å². The van der Waals surface area contributed by atoms with Crippen molar-refractivity contribution in [3.8, 4) is 28.6 Å². The van der Waals surface area contributed by atoms with E-state index in [2.05, 4.69) is 15.4 Å². The van der Waals surface area contributed by atoms with Crippen LogP contribution in [0.2, 0.25) is 0 Å². The van der Waals surface area contributed by atoms with Crippen LogP contribution in [0.15, 0.2) is 53.3 Å². The standard InChI is InChI=1S/C24H25N5O6/c1-32-14-17-12-20-27-28(24(31)29(20)23(26-17)15-8-6-5-7-9-15)13-21(30)25-16-10-18(33-2)22(35-4)19(11-16)34-3/h5-12H,13-14H2,1-4H3,(H,25,30). The highest BCUT2D eigenvalue weighted by atomic mass is 16.5. The number of carbonyl (C=O) groups is 1. The maximum Gasteiger partial charge on any atom is 0.352 e. The van der Waals surface area contributed by atoms with Crippen LogP contribution in [-0.2, 0) is 22.7 Å². The molecule has 2 aromatic carbocycles. The third kappa shape index (κ3) is 4.80. The number of anilines is 1. The number of carbonyl (C=O) groups excluding carboxylic acids is 1. The molecule has 4 rings (SSSR count).